The van der Waals surface area contributed by atoms with Gasteiger partial charge in [-0.3, -0.25) is 5.32 Å². The molecule has 0 fully saturated rings. The Kier molecular flexibility index (Phi) is 4.21. The van der Waals surface area contributed by atoms with Gasteiger partial charge in [-0.05, 0) is 38.5 Å². The highest BCUT2D eigenvalue weighted by Gasteiger charge is 2.16. The number of nitrogens with zero attached hydrogens (tertiary/aromatic N) is 2. The van der Waals surface area contributed by atoms with E-state index in [-0.39, 0.29) is 17.4 Å². The summed E-state index contributed by atoms with van der Waals surface area (Å²) in [6, 6.07) is 5.61. The molecule has 1 aromatic carbocycles. The fraction of sp³-hybridized carbons (Fsp3) is 0.357. The van der Waals surface area contributed by atoms with Gasteiger partial charge in [-0.1, -0.05) is 17.2 Å². The van der Waals surface area contributed by atoms with E-state index in [4.69, 9.17) is 4.42 Å². The Balaban J connectivity index is 1.95. The number of halogens is 1. The summed E-state index contributed by atoms with van der Waals surface area (Å²) >= 11 is 0. The molecule has 0 aliphatic heterocycles. The molecule has 0 bridgehead atoms. The van der Waals surface area contributed by atoms with Crippen LogP contribution in [-0.4, -0.2) is 21.8 Å². The number of amides is 2. The highest BCUT2D eigenvalue weighted by atomic mass is 19.1. The Morgan fingerprint density at radius 1 is 1.24 bits per heavy atom. The van der Waals surface area contributed by atoms with Crippen LogP contribution in [0.4, 0.5) is 15.2 Å². The molecule has 112 valence electrons. The van der Waals surface area contributed by atoms with Gasteiger partial charge in [0.1, 0.15) is 5.82 Å². The van der Waals surface area contributed by atoms with Gasteiger partial charge in [0.05, 0.1) is 6.42 Å². The van der Waals surface area contributed by atoms with Gasteiger partial charge in [0, 0.05) is 5.54 Å². The van der Waals surface area contributed by atoms with Crippen molar-refractivity contribution in [2.45, 2.75) is 32.7 Å². The minimum atomic E-state index is -0.417. The van der Waals surface area contributed by atoms with E-state index >= 15 is 0 Å². The maximum Gasteiger partial charge on any atom is 0.323 e. The normalized spacial score (nSPS) is 11.2. The molecule has 0 atom stereocenters. The van der Waals surface area contributed by atoms with E-state index < -0.39 is 6.03 Å². The van der Waals surface area contributed by atoms with Crippen molar-refractivity contribution in [3.63, 3.8) is 0 Å². The Labute approximate surface area is 121 Å². The third-order valence-electron chi connectivity index (χ3n) is 2.44. The molecule has 21 heavy (non-hydrogen) atoms. The van der Waals surface area contributed by atoms with Crippen molar-refractivity contribution in [2.75, 3.05) is 5.32 Å². The molecule has 7 heteroatoms. The van der Waals surface area contributed by atoms with Crippen molar-refractivity contribution in [1.29, 1.82) is 0 Å². The summed E-state index contributed by atoms with van der Waals surface area (Å²) in [5, 5.41) is 12.7. The van der Waals surface area contributed by atoms with Crippen molar-refractivity contribution in [2.24, 2.45) is 0 Å². The molecule has 0 aliphatic carbocycles. The molecular weight excluding hydrogens is 275 g/mol. The van der Waals surface area contributed by atoms with Crippen molar-refractivity contribution < 1.29 is 13.6 Å². The Bertz CT molecular complexity index is 617. The Morgan fingerprint density at radius 2 is 1.90 bits per heavy atom. The van der Waals surface area contributed by atoms with Crippen molar-refractivity contribution in [1.82, 2.24) is 15.5 Å². The predicted molar refractivity (Wildman–Crippen MR) is 75.4 cm³/mol. The summed E-state index contributed by atoms with van der Waals surface area (Å²) in [6.07, 6.45) is 0.371. The second-order valence-corrected chi connectivity index (χ2v) is 5.63. The molecule has 2 N–H and O–H groups in total. The lowest BCUT2D eigenvalue weighted by Crippen LogP contribution is -2.43. The first kappa shape index (κ1) is 15.0. The number of anilines is 1. The SMILES string of the molecule is CC(C)(C)NC(=O)Nc1nnc(Cc2ccc(F)cc2)o1. The lowest BCUT2D eigenvalue weighted by Gasteiger charge is -2.19. The van der Waals surface area contributed by atoms with Crippen LogP contribution in [0.25, 0.3) is 0 Å². The summed E-state index contributed by atoms with van der Waals surface area (Å²) in [5.41, 5.74) is 0.479. The molecule has 2 aromatic rings. The number of hydrogen-bond donors (Lipinski definition) is 2. The maximum absolute atomic E-state index is 12.8. The van der Waals surface area contributed by atoms with Crippen LogP contribution >= 0.6 is 0 Å². The number of benzene rings is 1. The zero-order valence-electron chi connectivity index (χ0n) is 12.1. The van der Waals surface area contributed by atoms with E-state index in [0.717, 1.165) is 5.56 Å². The fourth-order valence-corrected chi connectivity index (χ4v) is 1.62. The molecule has 0 unspecified atom stereocenters. The highest BCUT2D eigenvalue weighted by molar-refractivity contribution is 5.87. The monoisotopic (exact) mass is 292 g/mol. The molecule has 0 radical (unpaired) electrons. The molecule has 1 heterocycles. The number of carbonyl (C=O) groups is 1. The van der Waals surface area contributed by atoms with Gasteiger partial charge >= 0.3 is 12.0 Å². The second-order valence-electron chi connectivity index (χ2n) is 5.63. The van der Waals surface area contributed by atoms with E-state index in [9.17, 15) is 9.18 Å². The minimum Gasteiger partial charge on any atom is -0.407 e. The number of hydrogen-bond acceptors (Lipinski definition) is 4. The van der Waals surface area contributed by atoms with Crippen LogP contribution in [0.1, 0.15) is 32.2 Å². The summed E-state index contributed by atoms with van der Waals surface area (Å²) in [5.74, 6) is 0.0400. The lowest BCUT2D eigenvalue weighted by molar-refractivity contribution is 0.243. The largest absolute Gasteiger partial charge is 0.407 e. The van der Waals surface area contributed by atoms with Crippen molar-refractivity contribution >= 4 is 12.0 Å². The van der Waals surface area contributed by atoms with E-state index in [2.05, 4.69) is 20.8 Å². The number of nitrogens with one attached hydrogen (secondary N) is 2. The quantitative estimate of drug-likeness (QED) is 0.911. The molecule has 0 spiro atoms. The van der Waals surface area contributed by atoms with Gasteiger partial charge in [-0.2, -0.15) is 0 Å². The van der Waals surface area contributed by atoms with E-state index in [1.54, 1.807) is 12.1 Å². The number of aromatic nitrogens is 2. The van der Waals surface area contributed by atoms with Gasteiger partial charge in [-0.25, -0.2) is 9.18 Å². The van der Waals surface area contributed by atoms with Gasteiger partial charge < -0.3 is 9.73 Å². The number of rotatable bonds is 3. The molecule has 1 aromatic heterocycles. The van der Waals surface area contributed by atoms with Gasteiger partial charge in [0.15, 0.2) is 0 Å². The van der Waals surface area contributed by atoms with Crippen molar-refractivity contribution in [3.8, 4) is 0 Å². The first-order valence-corrected chi connectivity index (χ1v) is 6.48. The summed E-state index contributed by atoms with van der Waals surface area (Å²) in [7, 11) is 0. The zero-order chi connectivity index (χ0) is 15.5. The van der Waals surface area contributed by atoms with Crippen LogP contribution in [0.15, 0.2) is 28.7 Å². The summed E-state index contributed by atoms with van der Waals surface area (Å²) < 4.78 is 18.1. The Morgan fingerprint density at radius 3 is 2.52 bits per heavy atom. The molecular formula is C14H17FN4O2. The standard InChI is InChI=1S/C14H17FN4O2/c1-14(2,3)17-12(20)16-13-19-18-11(21-13)8-9-4-6-10(15)7-5-9/h4-7H,8H2,1-3H3,(H2,16,17,19,20). The second kappa shape index (κ2) is 5.90. The number of carbonyl (C=O) groups excluding carboxylic acids is 1. The summed E-state index contributed by atoms with van der Waals surface area (Å²) in [4.78, 5) is 11.6. The van der Waals surface area contributed by atoms with Crippen LogP contribution in [0.2, 0.25) is 0 Å². The average molecular weight is 292 g/mol. The minimum absolute atomic E-state index is 0.0221. The van der Waals surface area contributed by atoms with E-state index in [1.807, 2.05) is 20.8 Å². The maximum atomic E-state index is 12.8. The van der Waals surface area contributed by atoms with Gasteiger partial charge in [-0.15, -0.1) is 5.10 Å². The molecule has 2 rings (SSSR count). The molecule has 0 aliphatic rings. The van der Waals surface area contributed by atoms with Crippen LogP contribution in [0.3, 0.4) is 0 Å². The predicted octanol–water partition coefficient (Wildman–Crippen LogP) is 2.72. The molecule has 0 saturated heterocycles. The average Bonchev–Trinajstić information content (AvgIpc) is 2.77. The lowest BCUT2D eigenvalue weighted by atomic mass is 10.1. The van der Waals surface area contributed by atoms with Crippen molar-refractivity contribution in [3.05, 3.63) is 41.5 Å². The van der Waals surface area contributed by atoms with Crippen LogP contribution in [-0.2, 0) is 6.42 Å². The number of urea groups is 1. The topological polar surface area (TPSA) is 80.0 Å². The van der Waals surface area contributed by atoms with Crippen LogP contribution in [0, 0.1) is 5.82 Å². The van der Waals surface area contributed by atoms with E-state index in [0.29, 0.717) is 12.3 Å². The Hall–Kier alpha value is -2.44. The first-order valence-electron chi connectivity index (χ1n) is 6.48. The zero-order valence-corrected chi connectivity index (χ0v) is 12.1. The van der Waals surface area contributed by atoms with Gasteiger partial charge in [0.2, 0.25) is 5.89 Å². The third-order valence-corrected chi connectivity index (χ3v) is 2.44. The fourth-order valence-electron chi connectivity index (χ4n) is 1.62. The molecule has 6 nitrogen and oxygen atoms in total. The van der Waals surface area contributed by atoms with Crippen LogP contribution in [0.5, 0.6) is 0 Å². The van der Waals surface area contributed by atoms with E-state index in [1.165, 1.54) is 12.1 Å². The smallest absolute Gasteiger partial charge is 0.323 e. The van der Waals surface area contributed by atoms with Gasteiger partial charge in [0.25, 0.3) is 0 Å². The summed E-state index contributed by atoms with van der Waals surface area (Å²) in [6.45, 7) is 5.58. The molecule has 0 saturated carbocycles. The van der Waals surface area contributed by atoms with Crippen LogP contribution < -0.4 is 10.6 Å². The third kappa shape index (κ3) is 4.87. The first-order chi connectivity index (χ1) is 9.82. The molecule has 2 amide bonds. The highest BCUT2D eigenvalue weighted by Crippen LogP contribution is 2.12.